The molecule has 0 unspecified atom stereocenters. The van der Waals surface area contributed by atoms with Crippen LogP contribution in [0.25, 0.3) is 0 Å². The molecule has 1 amide bonds. The minimum atomic E-state index is -0.243. The second-order valence-electron chi connectivity index (χ2n) is 6.43. The number of carbonyl (C=O) groups is 1. The fraction of sp³-hybridized carbons (Fsp3) is 0.350. The molecule has 1 saturated heterocycles. The highest BCUT2D eigenvalue weighted by Crippen LogP contribution is 2.19. The summed E-state index contributed by atoms with van der Waals surface area (Å²) in [5.41, 5.74) is 3.88. The molecular formula is C20H24FN3O. The predicted molar refractivity (Wildman–Crippen MR) is 98.7 cm³/mol. The number of benzene rings is 2. The van der Waals surface area contributed by atoms with Crippen LogP contribution in [0.4, 0.5) is 10.1 Å². The Labute approximate surface area is 148 Å². The van der Waals surface area contributed by atoms with Crippen LogP contribution in [0.15, 0.2) is 42.5 Å². The fourth-order valence-corrected chi connectivity index (χ4v) is 3.07. The Morgan fingerprint density at radius 1 is 1.16 bits per heavy atom. The molecule has 132 valence electrons. The smallest absolute Gasteiger partial charge is 0.251 e. The molecule has 2 N–H and O–H groups in total. The molecule has 0 atom stereocenters. The quantitative estimate of drug-likeness (QED) is 0.878. The summed E-state index contributed by atoms with van der Waals surface area (Å²) >= 11 is 0. The number of nitrogens with one attached hydrogen (secondary N) is 2. The number of anilines is 1. The first kappa shape index (κ1) is 17.4. The lowest BCUT2D eigenvalue weighted by atomic mass is 10.1. The first-order valence-corrected chi connectivity index (χ1v) is 8.72. The van der Waals surface area contributed by atoms with Crippen LogP contribution < -0.4 is 15.5 Å². The van der Waals surface area contributed by atoms with Crippen molar-refractivity contribution in [3.8, 4) is 0 Å². The lowest BCUT2D eigenvalue weighted by molar-refractivity contribution is 0.0954. The number of hydrogen-bond acceptors (Lipinski definition) is 3. The van der Waals surface area contributed by atoms with Crippen LogP contribution in [0.1, 0.15) is 21.5 Å². The van der Waals surface area contributed by atoms with Crippen LogP contribution in [0.2, 0.25) is 0 Å². The number of amides is 1. The van der Waals surface area contributed by atoms with Gasteiger partial charge in [0.05, 0.1) is 0 Å². The van der Waals surface area contributed by atoms with Gasteiger partial charge in [0.2, 0.25) is 0 Å². The minimum Gasteiger partial charge on any atom is -0.369 e. The van der Waals surface area contributed by atoms with Crippen molar-refractivity contribution in [3.63, 3.8) is 0 Å². The second kappa shape index (κ2) is 8.12. The minimum absolute atomic E-state index is 0.0674. The van der Waals surface area contributed by atoms with Gasteiger partial charge >= 0.3 is 0 Å². The molecule has 1 aliphatic rings. The molecular weight excluding hydrogens is 317 g/mol. The highest BCUT2D eigenvalue weighted by atomic mass is 19.1. The molecule has 0 aromatic heterocycles. The lowest BCUT2D eigenvalue weighted by Gasteiger charge is -2.30. The largest absolute Gasteiger partial charge is 0.369 e. The summed E-state index contributed by atoms with van der Waals surface area (Å²) in [6.45, 7) is 6.38. The average molecular weight is 341 g/mol. The summed E-state index contributed by atoms with van der Waals surface area (Å²) in [5, 5.41) is 6.29. The first-order chi connectivity index (χ1) is 12.1. The number of hydrogen-bond donors (Lipinski definition) is 2. The van der Waals surface area contributed by atoms with E-state index in [4.69, 9.17) is 0 Å². The highest BCUT2D eigenvalue weighted by molar-refractivity contribution is 5.95. The van der Waals surface area contributed by atoms with Crippen LogP contribution in [0, 0.1) is 12.7 Å². The Morgan fingerprint density at radius 3 is 2.60 bits per heavy atom. The van der Waals surface area contributed by atoms with E-state index in [0.29, 0.717) is 18.5 Å². The third kappa shape index (κ3) is 4.79. The maximum atomic E-state index is 12.9. The molecule has 0 bridgehead atoms. The zero-order valence-corrected chi connectivity index (χ0v) is 14.5. The van der Waals surface area contributed by atoms with E-state index < -0.39 is 0 Å². The van der Waals surface area contributed by atoms with E-state index in [1.54, 1.807) is 12.1 Å². The van der Waals surface area contributed by atoms with E-state index in [1.165, 1.54) is 12.1 Å². The monoisotopic (exact) mass is 341 g/mol. The Bertz CT molecular complexity index is 724. The van der Waals surface area contributed by atoms with Crippen molar-refractivity contribution >= 4 is 11.6 Å². The van der Waals surface area contributed by atoms with Crippen LogP contribution in [-0.4, -0.2) is 38.6 Å². The van der Waals surface area contributed by atoms with Crippen LogP contribution in [0.3, 0.4) is 0 Å². The molecule has 2 aromatic rings. The van der Waals surface area contributed by atoms with Crippen LogP contribution in [0.5, 0.6) is 0 Å². The molecule has 1 aliphatic heterocycles. The average Bonchev–Trinajstić information content (AvgIpc) is 2.63. The molecule has 2 aromatic carbocycles. The number of carbonyl (C=O) groups excluding carboxylic acids is 1. The van der Waals surface area contributed by atoms with Gasteiger partial charge in [0, 0.05) is 44.0 Å². The Kier molecular flexibility index (Phi) is 5.66. The van der Waals surface area contributed by atoms with Gasteiger partial charge in [0.15, 0.2) is 0 Å². The summed E-state index contributed by atoms with van der Waals surface area (Å²) in [6, 6.07) is 12.4. The Morgan fingerprint density at radius 2 is 1.88 bits per heavy atom. The van der Waals surface area contributed by atoms with Gasteiger partial charge in [-0.25, -0.2) is 4.39 Å². The molecule has 0 radical (unpaired) electrons. The van der Waals surface area contributed by atoms with Gasteiger partial charge in [-0.2, -0.15) is 0 Å². The third-order valence-corrected chi connectivity index (χ3v) is 4.42. The molecule has 1 fully saturated rings. The van der Waals surface area contributed by atoms with Crippen molar-refractivity contribution in [2.45, 2.75) is 13.3 Å². The standard InChI is InChI=1S/C20H24FN3O/c1-15-12-17(14-19(13-15)24-10-8-22-9-11-24)20(25)23-7-6-16-2-4-18(21)5-3-16/h2-5,12-14,22H,6-11H2,1H3,(H,23,25). The third-order valence-electron chi connectivity index (χ3n) is 4.42. The molecule has 0 spiro atoms. The molecule has 0 aliphatic carbocycles. The summed E-state index contributed by atoms with van der Waals surface area (Å²) in [5.74, 6) is -0.310. The van der Waals surface area contributed by atoms with Crippen LogP contribution >= 0.6 is 0 Å². The number of nitrogens with zero attached hydrogens (tertiary/aromatic N) is 1. The van der Waals surface area contributed by atoms with E-state index >= 15 is 0 Å². The van der Waals surface area contributed by atoms with Gasteiger partial charge in [-0.1, -0.05) is 12.1 Å². The normalized spacial score (nSPS) is 14.4. The number of piperazine rings is 1. The number of rotatable bonds is 5. The van der Waals surface area contributed by atoms with E-state index in [0.717, 1.165) is 43.0 Å². The molecule has 0 saturated carbocycles. The SMILES string of the molecule is Cc1cc(C(=O)NCCc2ccc(F)cc2)cc(N2CCNCC2)c1. The van der Waals surface area contributed by atoms with Crippen molar-refractivity contribution in [1.29, 1.82) is 0 Å². The van der Waals surface area contributed by atoms with Crippen molar-refractivity contribution in [3.05, 3.63) is 65.0 Å². The Balaban J connectivity index is 1.61. The molecule has 5 heteroatoms. The summed E-state index contributed by atoms with van der Waals surface area (Å²) in [7, 11) is 0. The van der Waals surface area contributed by atoms with Gasteiger partial charge < -0.3 is 15.5 Å². The number of aryl methyl sites for hydroxylation is 1. The highest BCUT2D eigenvalue weighted by Gasteiger charge is 2.14. The molecule has 4 nitrogen and oxygen atoms in total. The van der Waals surface area contributed by atoms with Crippen molar-refractivity contribution < 1.29 is 9.18 Å². The van der Waals surface area contributed by atoms with Gasteiger partial charge in [0.1, 0.15) is 5.82 Å². The van der Waals surface area contributed by atoms with Gasteiger partial charge in [-0.05, 0) is 54.8 Å². The zero-order chi connectivity index (χ0) is 17.6. The lowest BCUT2D eigenvalue weighted by Crippen LogP contribution is -2.43. The van der Waals surface area contributed by atoms with Crippen molar-refractivity contribution in [2.75, 3.05) is 37.6 Å². The second-order valence-corrected chi connectivity index (χ2v) is 6.43. The van der Waals surface area contributed by atoms with E-state index in [1.807, 2.05) is 19.1 Å². The zero-order valence-electron chi connectivity index (χ0n) is 14.5. The molecule has 1 heterocycles. The number of halogens is 1. The van der Waals surface area contributed by atoms with E-state index in [2.05, 4.69) is 21.6 Å². The van der Waals surface area contributed by atoms with Crippen molar-refractivity contribution in [2.24, 2.45) is 0 Å². The topological polar surface area (TPSA) is 44.4 Å². The van der Waals surface area contributed by atoms with Gasteiger partial charge in [-0.15, -0.1) is 0 Å². The summed E-state index contributed by atoms with van der Waals surface area (Å²) in [4.78, 5) is 14.8. The van der Waals surface area contributed by atoms with Gasteiger partial charge in [0.25, 0.3) is 5.91 Å². The molecule has 3 rings (SSSR count). The Hall–Kier alpha value is -2.40. The first-order valence-electron chi connectivity index (χ1n) is 8.72. The fourth-order valence-electron chi connectivity index (χ4n) is 3.07. The maximum absolute atomic E-state index is 12.9. The summed E-state index contributed by atoms with van der Waals surface area (Å²) in [6.07, 6.45) is 0.683. The molecule has 25 heavy (non-hydrogen) atoms. The van der Waals surface area contributed by atoms with Crippen molar-refractivity contribution in [1.82, 2.24) is 10.6 Å². The van der Waals surface area contributed by atoms with E-state index in [-0.39, 0.29) is 11.7 Å². The van der Waals surface area contributed by atoms with Crippen LogP contribution in [-0.2, 0) is 6.42 Å². The van der Waals surface area contributed by atoms with Gasteiger partial charge in [-0.3, -0.25) is 4.79 Å². The predicted octanol–water partition coefficient (Wildman–Crippen LogP) is 2.52. The maximum Gasteiger partial charge on any atom is 0.251 e. The van der Waals surface area contributed by atoms with E-state index in [9.17, 15) is 9.18 Å². The summed E-state index contributed by atoms with van der Waals surface area (Å²) < 4.78 is 12.9.